The van der Waals surface area contributed by atoms with Gasteiger partial charge in [0.1, 0.15) is 11.9 Å². The number of aromatic nitrogens is 2. The molecule has 2 aliphatic rings. The Labute approximate surface area is 159 Å². The summed E-state index contributed by atoms with van der Waals surface area (Å²) in [5.41, 5.74) is 4.94. The van der Waals surface area contributed by atoms with Crippen molar-refractivity contribution in [2.75, 3.05) is 19.8 Å². The van der Waals surface area contributed by atoms with Gasteiger partial charge >= 0.3 is 0 Å². The van der Waals surface area contributed by atoms with Crippen LogP contribution < -0.4 is 10.1 Å². The first-order valence-corrected chi connectivity index (χ1v) is 9.56. The summed E-state index contributed by atoms with van der Waals surface area (Å²) in [7, 11) is 0. The highest BCUT2D eigenvalue weighted by Gasteiger charge is 2.26. The number of hydrogen-bond donors (Lipinski definition) is 1. The molecular formula is C21H25N3O3. The van der Waals surface area contributed by atoms with Gasteiger partial charge in [0.05, 0.1) is 23.6 Å². The number of hydrogen-bond acceptors (Lipinski definition) is 5. The van der Waals surface area contributed by atoms with Crippen LogP contribution in [0.1, 0.15) is 29.8 Å². The van der Waals surface area contributed by atoms with Gasteiger partial charge in [-0.25, -0.2) is 4.98 Å². The number of nitrogens with one attached hydrogen (secondary N) is 1. The predicted octanol–water partition coefficient (Wildman–Crippen LogP) is 2.61. The average molecular weight is 367 g/mol. The minimum Gasteiger partial charge on any atom is -0.488 e. The summed E-state index contributed by atoms with van der Waals surface area (Å²) in [6.07, 6.45) is 4.15. The molecule has 142 valence electrons. The van der Waals surface area contributed by atoms with Gasteiger partial charge in [-0.05, 0) is 50.5 Å². The van der Waals surface area contributed by atoms with E-state index in [1.54, 1.807) is 6.20 Å². The summed E-state index contributed by atoms with van der Waals surface area (Å²) in [4.78, 5) is 21.3. The van der Waals surface area contributed by atoms with Crippen LogP contribution in [0.15, 0.2) is 24.4 Å². The number of amides is 1. The third-order valence-electron chi connectivity index (χ3n) is 5.25. The van der Waals surface area contributed by atoms with E-state index < -0.39 is 0 Å². The van der Waals surface area contributed by atoms with Crippen LogP contribution in [0.2, 0.25) is 0 Å². The Balaban J connectivity index is 1.40. The van der Waals surface area contributed by atoms with Crippen molar-refractivity contribution < 1.29 is 14.3 Å². The Morgan fingerprint density at radius 3 is 2.89 bits per heavy atom. The number of fused-ring (bicyclic) bond motifs is 1. The lowest BCUT2D eigenvalue weighted by molar-refractivity contribution is -0.128. The van der Waals surface area contributed by atoms with Gasteiger partial charge in [0.25, 0.3) is 0 Å². The smallest absolute Gasteiger partial charge is 0.223 e. The third-order valence-corrected chi connectivity index (χ3v) is 5.25. The topological polar surface area (TPSA) is 73.3 Å². The van der Waals surface area contributed by atoms with E-state index in [0.717, 1.165) is 53.2 Å². The number of nitrogens with zero attached hydrogens (tertiary/aromatic N) is 2. The summed E-state index contributed by atoms with van der Waals surface area (Å²) in [5, 5.41) is 3.05. The van der Waals surface area contributed by atoms with Crippen molar-refractivity contribution in [2.24, 2.45) is 5.92 Å². The second-order valence-corrected chi connectivity index (χ2v) is 7.34. The summed E-state index contributed by atoms with van der Waals surface area (Å²) in [5.74, 6) is 1.07. The first kappa shape index (κ1) is 17.9. The molecule has 2 aromatic rings. The second kappa shape index (κ2) is 7.64. The Bertz CT molecular complexity index is 847. The number of aryl methyl sites for hydroxylation is 2. The summed E-state index contributed by atoms with van der Waals surface area (Å²) < 4.78 is 11.3. The number of carbonyl (C=O) groups is 1. The minimum absolute atomic E-state index is 0.0243. The van der Waals surface area contributed by atoms with Crippen molar-refractivity contribution in [3.05, 3.63) is 41.3 Å². The molecule has 1 amide bonds. The van der Waals surface area contributed by atoms with Gasteiger partial charge in [0.2, 0.25) is 5.91 Å². The summed E-state index contributed by atoms with van der Waals surface area (Å²) >= 11 is 0. The molecule has 2 aliphatic heterocycles. The molecule has 0 bridgehead atoms. The van der Waals surface area contributed by atoms with Crippen molar-refractivity contribution in [2.45, 2.75) is 39.2 Å². The fraction of sp³-hybridized carbons (Fsp3) is 0.476. The average Bonchev–Trinajstić information content (AvgIpc) is 3.10. The van der Waals surface area contributed by atoms with Crippen molar-refractivity contribution in [3.8, 4) is 17.0 Å². The first-order chi connectivity index (χ1) is 13.1. The molecule has 6 heteroatoms. The zero-order valence-corrected chi connectivity index (χ0v) is 15.8. The van der Waals surface area contributed by atoms with Crippen LogP contribution in [-0.2, 0) is 16.0 Å². The monoisotopic (exact) mass is 367 g/mol. The van der Waals surface area contributed by atoms with Crippen LogP contribution in [0.5, 0.6) is 5.75 Å². The minimum atomic E-state index is -0.0243. The van der Waals surface area contributed by atoms with Crippen LogP contribution >= 0.6 is 0 Å². The van der Waals surface area contributed by atoms with Gasteiger partial charge in [-0.3, -0.25) is 9.78 Å². The quantitative estimate of drug-likeness (QED) is 0.899. The van der Waals surface area contributed by atoms with Crippen molar-refractivity contribution >= 4 is 5.91 Å². The molecule has 4 rings (SSSR count). The maximum atomic E-state index is 12.3. The highest BCUT2D eigenvalue weighted by Crippen LogP contribution is 2.33. The number of benzene rings is 1. The lowest BCUT2D eigenvalue weighted by atomic mass is 9.99. The molecule has 27 heavy (non-hydrogen) atoms. The molecule has 0 unspecified atom stereocenters. The van der Waals surface area contributed by atoms with Gasteiger partial charge in [-0.15, -0.1) is 0 Å². The highest BCUT2D eigenvalue weighted by molar-refractivity contribution is 5.78. The van der Waals surface area contributed by atoms with E-state index >= 15 is 0 Å². The number of ether oxygens (including phenoxy) is 2. The van der Waals surface area contributed by atoms with Crippen LogP contribution in [-0.4, -0.2) is 41.7 Å². The fourth-order valence-electron chi connectivity index (χ4n) is 3.71. The maximum Gasteiger partial charge on any atom is 0.223 e. The zero-order valence-electron chi connectivity index (χ0n) is 15.8. The van der Waals surface area contributed by atoms with E-state index in [4.69, 9.17) is 9.47 Å². The van der Waals surface area contributed by atoms with Crippen molar-refractivity contribution in [1.82, 2.24) is 15.3 Å². The predicted molar refractivity (Wildman–Crippen MR) is 102 cm³/mol. The van der Waals surface area contributed by atoms with Crippen LogP contribution in [0.4, 0.5) is 0 Å². The van der Waals surface area contributed by atoms with Gasteiger partial charge in [-0.1, -0.05) is 0 Å². The largest absolute Gasteiger partial charge is 0.488 e. The van der Waals surface area contributed by atoms with E-state index in [1.165, 1.54) is 0 Å². The van der Waals surface area contributed by atoms with E-state index in [0.29, 0.717) is 19.8 Å². The van der Waals surface area contributed by atoms with E-state index in [-0.39, 0.29) is 17.9 Å². The standard InChI is InChI=1S/C21H25N3O3/c1-13-11-22-14(2)20(24-13)16-3-4-19-17(9-16)10-18(27-19)12-23-21(25)15-5-7-26-8-6-15/h3-4,9,11,15,18H,5-8,10,12H2,1-2H3,(H,23,25)/t18-/m0/s1. The number of carbonyl (C=O) groups excluding carboxylic acids is 1. The summed E-state index contributed by atoms with van der Waals surface area (Å²) in [6.45, 7) is 5.80. The number of rotatable bonds is 4. The highest BCUT2D eigenvalue weighted by atomic mass is 16.5. The SMILES string of the molecule is Cc1cnc(C)c(-c2ccc3c(c2)C[C@@H](CNC(=O)C2CCOCC2)O3)n1. The lowest BCUT2D eigenvalue weighted by Crippen LogP contribution is -2.39. The van der Waals surface area contributed by atoms with Crippen LogP contribution in [0.3, 0.4) is 0 Å². The molecule has 1 aromatic heterocycles. The molecule has 0 saturated carbocycles. The zero-order chi connectivity index (χ0) is 18.8. The van der Waals surface area contributed by atoms with E-state index in [1.807, 2.05) is 26.0 Å². The third kappa shape index (κ3) is 3.95. The van der Waals surface area contributed by atoms with Gasteiger partial charge in [0, 0.05) is 37.3 Å². The first-order valence-electron chi connectivity index (χ1n) is 9.56. The Kier molecular flexibility index (Phi) is 5.07. The molecule has 6 nitrogen and oxygen atoms in total. The molecule has 1 saturated heterocycles. The van der Waals surface area contributed by atoms with Crippen molar-refractivity contribution in [3.63, 3.8) is 0 Å². The van der Waals surface area contributed by atoms with Gasteiger partial charge in [0.15, 0.2) is 0 Å². The Morgan fingerprint density at radius 1 is 1.26 bits per heavy atom. The molecule has 1 N–H and O–H groups in total. The fourth-order valence-corrected chi connectivity index (χ4v) is 3.71. The lowest BCUT2D eigenvalue weighted by Gasteiger charge is -2.22. The molecule has 0 radical (unpaired) electrons. The van der Waals surface area contributed by atoms with Gasteiger partial charge in [-0.2, -0.15) is 0 Å². The summed E-state index contributed by atoms with van der Waals surface area (Å²) in [6, 6.07) is 6.15. The molecule has 3 heterocycles. The van der Waals surface area contributed by atoms with Gasteiger partial charge < -0.3 is 14.8 Å². The van der Waals surface area contributed by atoms with Crippen LogP contribution in [0.25, 0.3) is 11.3 Å². The molecule has 1 aromatic carbocycles. The Hall–Kier alpha value is -2.47. The second-order valence-electron chi connectivity index (χ2n) is 7.34. The molecule has 0 spiro atoms. The molecule has 1 atom stereocenters. The van der Waals surface area contributed by atoms with E-state index in [2.05, 4.69) is 21.4 Å². The van der Waals surface area contributed by atoms with Crippen molar-refractivity contribution in [1.29, 1.82) is 0 Å². The normalized spacial score (nSPS) is 19.4. The van der Waals surface area contributed by atoms with E-state index in [9.17, 15) is 4.79 Å². The Morgan fingerprint density at radius 2 is 2.07 bits per heavy atom. The van der Waals surface area contributed by atoms with Crippen LogP contribution in [0, 0.1) is 19.8 Å². The molecule has 1 fully saturated rings. The molecule has 0 aliphatic carbocycles. The molecular weight excluding hydrogens is 342 g/mol. The maximum absolute atomic E-state index is 12.3.